The molecule has 2 atom stereocenters. The summed E-state index contributed by atoms with van der Waals surface area (Å²) in [6.45, 7) is 4.82. The molecule has 1 aromatic rings. The van der Waals surface area contributed by atoms with Gasteiger partial charge >= 0.3 is 6.18 Å². The Morgan fingerprint density at radius 3 is 2.81 bits per heavy atom. The highest BCUT2D eigenvalue weighted by molar-refractivity contribution is 5.28. The third-order valence-electron chi connectivity index (χ3n) is 4.16. The van der Waals surface area contributed by atoms with E-state index in [1.165, 1.54) is 31.4 Å². The third-order valence-corrected chi connectivity index (χ3v) is 4.16. The van der Waals surface area contributed by atoms with E-state index in [-0.39, 0.29) is 6.04 Å². The van der Waals surface area contributed by atoms with Gasteiger partial charge in [-0.2, -0.15) is 13.2 Å². The lowest BCUT2D eigenvalue weighted by Gasteiger charge is -2.22. The molecule has 2 N–H and O–H groups in total. The molecule has 1 aliphatic heterocycles. The van der Waals surface area contributed by atoms with E-state index in [2.05, 4.69) is 11.8 Å². The van der Waals surface area contributed by atoms with Crippen molar-refractivity contribution in [2.45, 2.75) is 38.4 Å². The molecule has 0 amide bonds. The SMILES string of the molecule is CCCC1CCN(CC(N)c2cccc(C(F)(F)F)c2)C1. The van der Waals surface area contributed by atoms with Crippen molar-refractivity contribution in [2.24, 2.45) is 11.7 Å². The van der Waals surface area contributed by atoms with E-state index >= 15 is 0 Å². The molecule has 2 nitrogen and oxygen atoms in total. The van der Waals surface area contributed by atoms with Crippen molar-refractivity contribution in [2.75, 3.05) is 19.6 Å². The molecule has 5 heteroatoms. The van der Waals surface area contributed by atoms with Gasteiger partial charge in [0.2, 0.25) is 0 Å². The van der Waals surface area contributed by atoms with Crippen LogP contribution in [-0.2, 0) is 6.18 Å². The molecular weight excluding hydrogens is 277 g/mol. The van der Waals surface area contributed by atoms with Gasteiger partial charge in [0, 0.05) is 19.1 Å². The minimum Gasteiger partial charge on any atom is -0.323 e. The molecule has 0 bridgehead atoms. The van der Waals surface area contributed by atoms with Crippen molar-refractivity contribution in [1.82, 2.24) is 4.90 Å². The van der Waals surface area contributed by atoms with Gasteiger partial charge in [0.1, 0.15) is 0 Å². The molecule has 0 aliphatic carbocycles. The number of nitrogens with two attached hydrogens (primary N) is 1. The fourth-order valence-electron chi connectivity index (χ4n) is 3.05. The standard InChI is InChI=1S/C16H23F3N2/c1-2-4-12-7-8-21(10-12)11-15(20)13-5-3-6-14(9-13)16(17,18)19/h3,5-6,9,12,15H,2,4,7-8,10-11,20H2,1H3. The average Bonchev–Trinajstić information content (AvgIpc) is 2.86. The first-order valence-electron chi connectivity index (χ1n) is 7.55. The summed E-state index contributed by atoms with van der Waals surface area (Å²) in [6, 6.07) is 5.00. The minimum absolute atomic E-state index is 0.368. The number of likely N-dealkylation sites (tertiary alicyclic amines) is 1. The summed E-state index contributed by atoms with van der Waals surface area (Å²) < 4.78 is 38.2. The fraction of sp³-hybridized carbons (Fsp3) is 0.625. The van der Waals surface area contributed by atoms with E-state index in [0.29, 0.717) is 18.0 Å². The maximum absolute atomic E-state index is 12.7. The Morgan fingerprint density at radius 2 is 2.14 bits per heavy atom. The number of nitrogens with zero attached hydrogens (tertiary/aromatic N) is 1. The highest BCUT2D eigenvalue weighted by Crippen LogP contribution is 2.31. The summed E-state index contributed by atoms with van der Waals surface area (Å²) in [6.07, 6.45) is -0.744. The number of halogens is 3. The van der Waals surface area contributed by atoms with Crippen LogP contribution in [0, 0.1) is 5.92 Å². The molecule has 1 heterocycles. The third kappa shape index (κ3) is 4.45. The monoisotopic (exact) mass is 300 g/mol. The Balaban J connectivity index is 1.96. The van der Waals surface area contributed by atoms with Gasteiger partial charge in [0.15, 0.2) is 0 Å². The average molecular weight is 300 g/mol. The van der Waals surface area contributed by atoms with Gasteiger partial charge in [0.05, 0.1) is 5.56 Å². The molecule has 0 saturated carbocycles. The second-order valence-electron chi connectivity index (χ2n) is 5.93. The van der Waals surface area contributed by atoms with Crippen molar-refractivity contribution >= 4 is 0 Å². The predicted octanol–water partition coefficient (Wildman–Crippen LogP) is 3.83. The van der Waals surface area contributed by atoms with Crippen LogP contribution in [0.4, 0.5) is 13.2 Å². The van der Waals surface area contributed by atoms with E-state index in [0.717, 1.165) is 19.2 Å². The first kappa shape index (κ1) is 16.3. The lowest BCUT2D eigenvalue weighted by Crippen LogP contribution is -2.30. The quantitative estimate of drug-likeness (QED) is 0.895. The van der Waals surface area contributed by atoms with E-state index in [9.17, 15) is 13.2 Å². The molecule has 0 aromatic heterocycles. The number of hydrogen-bond donors (Lipinski definition) is 1. The zero-order chi connectivity index (χ0) is 15.5. The topological polar surface area (TPSA) is 29.3 Å². The molecule has 0 spiro atoms. The molecular formula is C16H23F3N2. The van der Waals surface area contributed by atoms with Crippen LogP contribution in [0.25, 0.3) is 0 Å². The molecule has 2 rings (SSSR count). The van der Waals surface area contributed by atoms with Gasteiger partial charge in [-0.05, 0) is 43.0 Å². The second kappa shape index (κ2) is 6.79. The Labute approximate surface area is 124 Å². The van der Waals surface area contributed by atoms with E-state index in [1.807, 2.05) is 0 Å². The highest BCUT2D eigenvalue weighted by Gasteiger charge is 2.31. The molecule has 1 aliphatic rings. The Kier molecular flexibility index (Phi) is 5.27. The molecule has 1 saturated heterocycles. The van der Waals surface area contributed by atoms with Crippen molar-refractivity contribution in [1.29, 1.82) is 0 Å². The van der Waals surface area contributed by atoms with Gasteiger partial charge < -0.3 is 10.6 Å². The van der Waals surface area contributed by atoms with Crippen LogP contribution in [-0.4, -0.2) is 24.5 Å². The molecule has 1 aromatic carbocycles. The van der Waals surface area contributed by atoms with Crippen LogP contribution in [0.2, 0.25) is 0 Å². The summed E-state index contributed by atoms with van der Waals surface area (Å²) in [5.41, 5.74) is 6.03. The number of rotatable bonds is 5. The van der Waals surface area contributed by atoms with Crippen LogP contribution >= 0.6 is 0 Å². The number of alkyl halides is 3. The summed E-state index contributed by atoms with van der Waals surface area (Å²) in [4.78, 5) is 2.27. The Hall–Kier alpha value is -1.07. The van der Waals surface area contributed by atoms with E-state index in [4.69, 9.17) is 5.73 Å². The maximum Gasteiger partial charge on any atom is 0.416 e. The van der Waals surface area contributed by atoms with E-state index < -0.39 is 11.7 Å². The van der Waals surface area contributed by atoms with Gasteiger partial charge in [-0.1, -0.05) is 25.5 Å². The number of benzene rings is 1. The largest absolute Gasteiger partial charge is 0.416 e. The summed E-state index contributed by atoms with van der Waals surface area (Å²) >= 11 is 0. The van der Waals surface area contributed by atoms with Crippen molar-refractivity contribution in [3.8, 4) is 0 Å². The zero-order valence-electron chi connectivity index (χ0n) is 12.4. The summed E-state index contributed by atoms with van der Waals surface area (Å²) in [5.74, 6) is 0.712. The molecule has 1 fully saturated rings. The van der Waals surface area contributed by atoms with Crippen molar-refractivity contribution in [3.63, 3.8) is 0 Å². The van der Waals surface area contributed by atoms with Gasteiger partial charge in [-0.3, -0.25) is 0 Å². The van der Waals surface area contributed by atoms with Crippen molar-refractivity contribution < 1.29 is 13.2 Å². The van der Waals surface area contributed by atoms with Gasteiger partial charge in [-0.15, -0.1) is 0 Å². The smallest absolute Gasteiger partial charge is 0.323 e. The molecule has 118 valence electrons. The van der Waals surface area contributed by atoms with E-state index in [1.54, 1.807) is 6.07 Å². The molecule has 0 radical (unpaired) electrons. The zero-order valence-corrected chi connectivity index (χ0v) is 12.4. The first-order valence-corrected chi connectivity index (χ1v) is 7.55. The van der Waals surface area contributed by atoms with Gasteiger partial charge in [-0.25, -0.2) is 0 Å². The molecule has 21 heavy (non-hydrogen) atoms. The normalized spacial score (nSPS) is 21.7. The number of hydrogen-bond acceptors (Lipinski definition) is 2. The highest BCUT2D eigenvalue weighted by atomic mass is 19.4. The lowest BCUT2D eigenvalue weighted by molar-refractivity contribution is -0.137. The van der Waals surface area contributed by atoms with Crippen LogP contribution < -0.4 is 5.73 Å². The minimum atomic E-state index is -4.31. The lowest BCUT2D eigenvalue weighted by atomic mass is 10.0. The summed E-state index contributed by atoms with van der Waals surface area (Å²) in [5, 5.41) is 0. The molecule has 2 unspecified atom stereocenters. The fourth-order valence-corrected chi connectivity index (χ4v) is 3.05. The van der Waals surface area contributed by atoms with Crippen LogP contribution in [0.1, 0.15) is 43.4 Å². The van der Waals surface area contributed by atoms with Crippen LogP contribution in [0.15, 0.2) is 24.3 Å². The van der Waals surface area contributed by atoms with Gasteiger partial charge in [0.25, 0.3) is 0 Å². The predicted molar refractivity (Wildman–Crippen MR) is 77.8 cm³/mol. The summed E-state index contributed by atoms with van der Waals surface area (Å²) in [7, 11) is 0. The first-order chi connectivity index (χ1) is 9.90. The Morgan fingerprint density at radius 1 is 1.38 bits per heavy atom. The van der Waals surface area contributed by atoms with Crippen LogP contribution in [0.5, 0.6) is 0 Å². The van der Waals surface area contributed by atoms with Crippen molar-refractivity contribution in [3.05, 3.63) is 35.4 Å². The second-order valence-corrected chi connectivity index (χ2v) is 5.93. The maximum atomic E-state index is 12.7. The Bertz CT molecular complexity index is 459. The van der Waals surface area contributed by atoms with Crippen LogP contribution in [0.3, 0.4) is 0 Å².